The van der Waals surface area contributed by atoms with Crippen molar-refractivity contribution >= 4 is 35.2 Å². The van der Waals surface area contributed by atoms with E-state index < -0.39 is 35.8 Å². The van der Waals surface area contributed by atoms with E-state index in [0.29, 0.717) is 37.3 Å². The van der Waals surface area contributed by atoms with Crippen molar-refractivity contribution in [2.75, 3.05) is 36.1 Å². The molecule has 0 aromatic heterocycles. The molecule has 57 heavy (non-hydrogen) atoms. The number of hydrogen-bond acceptors (Lipinski definition) is 10. The van der Waals surface area contributed by atoms with Crippen LogP contribution in [0.25, 0.3) is 0 Å². The molecule has 0 aliphatic carbocycles. The molecule has 4 saturated heterocycles. The highest BCUT2D eigenvalue weighted by molar-refractivity contribution is 6.22. The van der Waals surface area contributed by atoms with Crippen molar-refractivity contribution in [3.05, 3.63) is 131 Å². The van der Waals surface area contributed by atoms with Gasteiger partial charge < -0.3 is 39.8 Å². The number of nitrogens with zero attached hydrogens (tertiary/aromatic N) is 3. The zero-order chi connectivity index (χ0) is 39.5. The standard InChI is InChI=1S/C44H47N5O8/c1-29-37(25-47-22-20-44(21-23-47)42(53)45-28-48(44)34-10-6-3-7-11-34)56-41(57-39(29)32-14-12-30(26-50)13-15-32)33-16-18-35(19-17-33)49-38(51)24-36(40(49)52)46-43(54)55-27-31-8-4-2-5-9-31/h2-19,29,36-37,39,41,50H,20-28H2,1H3,(H,45,53)(H,46,54)/t29-,36?,37+,39+,41+/m0/s1. The highest BCUT2D eigenvalue weighted by Crippen LogP contribution is 2.43. The van der Waals surface area contributed by atoms with Gasteiger partial charge in [-0.1, -0.05) is 91.9 Å². The molecule has 4 amide bonds. The smallest absolute Gasteiger partial charge is 0.408 e. The molecule has 13 nitrogen and oxygen atoms in total. The van der Waals surface area contributed by atoms with E-state index in [2.05, 4.69) is 27.4 Å². The zero-order valence-electron chi connectivity index (χ0n) is 31.8. The van der Waals surface area contributed by atoms with Crippen LogP contribution in [0.5, 0.6) is 0 Å². The number of rotatable bonds is 10. The Hall–Kier alpha value is -5.60. The van der Waals surface area contributed by atoms with E-state index in [0.717, 1.165) is 40.4 Å². The Bertz CT molecular complexity index is 2060. The summed E-state index contributed by atoms with van der Waals surface area (Å²) in [6.07, 6.45) is -0.923. The van der Waals surface area contributed by atoms with Crippen LogP contribution < -0.4 is 20.4 Å². The van der Waals surface area contributed by atoms with E-state index in [-0.39, 0.29) is 43.7 Å². The van der Waals surface area contributed by atoms with Crippen molar-refractivity contribution in [3.8, 4) is 0 Å². The van der Waals surface area contributed by atoms with Gasteiger partial charge >= 0.3 is 6.09 Å². The van der Waals surface area contributed by atoms with Gasteiger partial charge in [-0.3, -0.25) is 14.4 Å². The van der Waals surface area contributed by atoms with Gasteiger partial charge in [0, 0.05) is 36.8 Å². The molecule has 1 spiro atoms. The summed E-state index contributed by atoms with van der Waals surface area (Å²) in [7, 11) is 0. The van der Waals surface area contributed by atoms with Crippen LogP contribution in [-0.4, -0.2) is 77.8 Å². The lowest BCUT2D eigenvalue weighted by atomic mass is 9.84. The number of nitrogens with one attached hydrogen (secondary N) is 2. The Balaban J connectivity index is 0.953. The van der Waals surface area contributed by atoms with Crippen LogP contribution in [0, 0.1) is 5.92 Å². The van der Waals surface area contributed by atoms with Crippen molar-refractivity contribution in [2.24, 2.45) is 5.92 Å². The summed E-state index contributed by atoms with van der Waals surface area (Å²) in [5.74, 6) is -0.949. The van der Waals surface area contributed by atoms with Gasteiger partial charge in [0.15, 0.2) is 6.29 Å². The van der Waals surface area contributed by atoms with Gasteiger partial charge in [0.2, 0.25) is 11.8 Å². The first-order valence-electron chi connectivity index (χ1n) is 19.5. The Labute approximate surface area is 331 Å². The summed E-state index contributed by atoms with van der Waals surface area (Å²) in [4.78, 5) is 57.9. The summed E-state index contributed by atoms with van der Waals surface area (Å²) < 4.78 is 18.7. The highest BCUT2D eigenvalue weighted by atomic mass is 16.7. The molecular weight excluding hydrogens is 727 g/mol. The second kappa shape index (κ2) is 16.5. The van der Waals surface area contributed by atoms with Gasteiger partial charge in [-0.2, -0.15) is 0 Å². The third kappa shape index (κ3) is 7.88. The number of aliphatic hydroxyl groups excluding tert-OH is 1. The van der Waals surface area contributed by atoms with Gasteiger partial charge in [-0.15, -0.1) is 0 Å². The molecule has 8 rings (SSSR count). The Morgan fingerprint density at radius 2 is 1.51 bits per heavy atom. The lowest BCUT2D eigenvalue weighted by molar-refractivity contribution is -0.276. The molecular formula is C44H47N5O8. The fourth-order valence-electron chi connectivity index (χ4n) is 8.42. The predicted octanol–water partition coefficient (Wildman–Crippen LogP) is 4.96. The van der Waals surface area contributed by atoms with Crippen LogP contribution in [-0.2, 0) is 41.8 Å². The number of carbonyl (C=O) groups is 4. The van der Waals surface area contributed by atoms with Crippen molar-refractivity contribution < 1.29 is 38.5 Å². The number of anilines is 2. The quantitative estimate of drug-likeness (QED) is 0.189. The molecule has 4 aliphatic rings. The summed E-state index contributed by atoms with van der Waals surface area (Å²) in [5, 5.41) is 15.3. The molecule has 13 heteroatoms. The molecule has 4 fully saturated rings. The molecule has 0 bridgehead atoms. The number of hydrogen-bond donors (Lipinski definition) is 3. The summed E-state index contributed by atoms with van der Waals surface area (Å²) in [5.41, 5.74) is 4.08. The lowest BCUT2D eigenvalue weighted by Crippen LogP contribution is -2.57. The molecule has 4 aromatic rings. The number of carbonyl (C=O) groups excluding carboxylic acids is 4. The fourth-order valence-corrected chi connectivity index (χ4v) is 8.42. The van der Waals surface area contributed by atoms with E-state index >= 15 is 0 Å². The highest BCUT2D eigenvalue weighted by Gasteiger charge is 2.51. The molecule has 4 aromatic carbocycles. The maximum Gasteiger partial charge on any atom is 0.408 e. The topological polar surface area (TPSA) is 150 Å². The van der Waals surface area contributed by atoms with E-state index in [4.69, 9.17) is 14.2 Å². The summed E-state index contributed by atoms with van der Waals surface area (Å²) >= 11 is 0. The minimum atomic E-state index is -1.04. The van der Waals surface area contributed by atoms with Crippen molar-refractivity contribution in [1.82, 2.24) is 15.5 Å². The number of piperidine rings is 1. The SMILES string of the molecule is C[C@H]1[C@@H](CN2CCC3(CC2)C(=O)NCN3c2ccccc2)O[C@@H](c2ccc(N3C(=O)CC(NC(=O)OCc4ccccc4)C3=O)cc2)O[C@H]1c1ccc(CO)cc1. The zero-order valence-corrected chi connectivity index (χ0v) is 31.8. The van der Waals surface area contributed by atoms with Crippen LogP contribution in [0.2, 0.25) is 0 Å². The Kier molecular flexibility index (Phi) is 11.1. The number of amides is 4. The number of alkyl carbamates (subject to hydrolysis) is 1. The third-order valence-corrected chi connectivity index (χ3v) is 11.7. The van der Waals surface area contributed by atoms with E-state index in [1.165, 1.54) is 0 Å². The van der Waals surface area contributed by atoms with Gasteiger partial charge in [0.1, 0.15) is 18.2 Å². The number of para-hydroxylation sites is 1. The minimum Gasteiger partial charge on any atom is -0.445 e. The predicted molar refractivity (Wildman–Crippen MR) is 210 cm³/mol. The Morgan fingerprint density at radius 3 is 2.19 bits per heavy atom. The fraction of sp³-hybridized carbons (Fsp3) is 0.364. The van der Waals surface area contributed by atoms with Gasteiger partial charge in [0.25, 0.3) is 5.91 Å². The lowest BCUT2D eigenvalue weighted by Gasteiger charge is -2.46. The summed E-state index contributed by atoms with van der Waals surface area (Å²) in [6, 6.07) is 32.9. The van der Waals surface area contributed by atoms with Crippen LogP contribution in [0.3, 0.4) is 0 Å². The first-order chi connectivity index (χ1) is 27.7. The van der Waals surface area contributed by atoms with Gasteiger partial charge in [0.05, 0.1) is 37.6 Å². The average Bonchev–Trinajstić information content (AvgIpc) is 3.71. The van der Waals surface area contributed by atoms with Gasteiger partial charge in [-0.25, -0.2) is 9.69 Å². The molecule has 4 heterocycles. The van der Waals surface area contributed by atoms with E-state index in [1.807, 2.05) is 84.9 Å². The normalized spacial score (nSPS) is 24.8. The largest absolute Gasteiger partial charge is 0.445 e. The molecule has 5 atom stereocenters. The number of benzene rings is 4. The van der Waals surface area contributed by atoms with Crippen LogP contribution >= 0.6 is 0 Å². The maximum atomic E-state index is 13.4. The van der Waals surface area contributed by atoms with Crippen LogP contribution in [0.15, 0.2) is 109 Å². The van der Waals surface area contributed by atoms with E-state index in [1.54, 1.807) is 24.3 Å². The molecule has 296 valence electrons. The molecule has 0 saturated carbocycles. The van der Waals surface area contributed by atoms with Gasteiger partial charge in [-0.05, 0) is 53.8 Å². The van der Waals surface area contributed by atoms with E-state index in [9.17, 15) is 24.3 Å². The van der Waals surface area contributed by atoms with Crippen molar-refractivity contribution in [1.29, 1.82) is 0 Å². The Morgan fingerprint density at radius 1 is 0.842 bits per heavy atom. The first-order valence-corrected chi connectivity index (χ1v) is 19.5. The van der Waals surface area contributed by atoms with Crippen LogP contribution in [0.1, 0.15) is 60.8 Å². The van der Waals surface area contributed by atoms with Crippen molar-refractivity contribution in [2.45, 2.75) is 69.5 Å². The van der Waals surface area contributed by atoms with Crippen LogP contribution in [0.4, 0.5) is 16.2 Å². The molecule has 3 N–H and O–H groups in total. The van der Waals surface area contributed by atoms with Crippen molar-refractivity contribution in [3.63, 3.8) is 0 Å². The minimum absolute atomic E-state index is 0.0391. The second-order valence-electron chi connectivity index (χ2n) is 15.2. The molecule has 4 aliphatic heterocycles. The average molecular weight is 774 g/mol. The molecule has 1 unspecified atom stereocenters. The third-order valence-electron chi connectivity index (χ3n) is 11.7. The monoisotopic (exact) mass is 773 g/mol. The summed E-state index contributed by atoms with van der Waals surface area (Å²) in [6.45, 7) is 4.66. The number of likely N-dealkylation sites (tertiary alicyclic amines) is 1. The first kappa shape index (κ1) is 38.3. The second-order valence-corrected chi connectivity index (χ2v) is 15.2. The molecule has 0 radical (unpaired) electrons. The maximum absolute atomic E-state index is 13.4. The number of ether oxygens (including phenoxy) is 3. The number of imide groups is 1. The number of aliphatic hydroxyl groups is 1.